The average molecular weight is 420 g/mol. The molecular weight excluding hydrogens is 401 g/mol. The van der Waals surface area contributed by atoms with E-state index < -0.39 is 0 Å². The molecule has 0 radical (unpaired) electrons. The lowest BCUT2D eigenvalue weighted by Crippen LogP contribution is -2.05. The molecule has 0 fully saturated rings. The maximum Gasteiger partial charge on any atom is 0.203 e. The number of rotatable bonds is 5. The number of aromatic nitrogens is 2. The highest BCUT2D eigenvalue weighted by atomic mass is 35.5. The highest BCUT2D eigenvalue weighted by molar-refractivity contribution is 6.43. The number of nitrogens with zero attached hydrogens (tertiary/aromatic N) is 2. The van der Waals surface area contributed by atoms with E-state index in [1.54, 1.807) is 32.1 Å². The molecular formula is C20H19Cl2N3O3. The molecule has 1 N–H and O–H groups in total. The molecule has 8 heteroatoms. The fraction of sp³-hybridized carbons (Fsp3) is 0.250. The second kappa shape index (κ2) is 7.45. The number of anilines is 1. The molecule has 1 aliphatic rings. The largest absolute Gasteiger partial charge is 0.493 e. The molecule has 4 rings (SSSR count). The van der Waals surface area contributed by atoms with Gasteiger partial charge in [0.05, 0.1) is 42.8 Å². The second-order valence-electron chi connectivity index (χ2n) is 6.25. The molecule has 1 aliphatic heterocycles. The van der Waals surface area contributed by atoms with Gasteiger partial charge in [0, 0.05) is 17.7 Å². The number of hydrogen-bond donors (Lipinski definition) is 1. The molecule has 0 aliphatic carbocycles. The molecule has 0 spiro atoms. The molecule has 6 nitrogen and oxygen atoms in total. The predicted molar refractivity (Wildman–Crippen MR) is 111 cm³/mol. The molecule has 3 aromatic rings. The molecule has 0 saturated carbocycles. The number of benzene rings is 2. The van der Waals surface area contributed by atoms with Crippen LogP contribution in [0.4, 0.5) is 5.82 Å². The summed E-state index contributed by atoms with van der Waals surface area (Å²) in [6, 6.07) is 9.29. The molecule has 2 heterocycles. The summed E-state index contributed by atoms with van der Waals surface area (Å²) in [5.74, 6) is 2.60. The monoisotopic (exact) mass is 419 g/mol. The number of halogens is 2. The number of ether oxygens (including phenoxy) is 3. The van der Waals surface area contributed by atoms with Gasteiger partial charge in [-0.2, -0.15) is 5.10 Å². The van der Waals surface area contributed by atoms with Crippen LogP contribution >= 0.6 is 23.2 Å². The van der Waals surface area contributed by atoms with Gasteiger partial charge in [0.1, 0.15) is 5.82 Å². The van der Waals surface area contributed by atoms with E-state index in [1.807, 2.05) is 24.3 Å². The van der Waals surface area contributed by atoms with Crippen LogP contribution in [-0.2, 0) is 6.42 Å². The normalized spacial score (nSPS) is 12.5. The minimum Gasteiger partial charge on any atom is -0.493 e. The van der Waals surface area contributed by atoms with Crippen molar-refractivity contribution < 1.29 is 14.2 Å². The third-order valence-electron chi connectivity index (χ3n) is 4.75. The van der Waals surface area contributed by atoms with E-state index in [-0.39, 0.29) is 0 Å². The van der Waals surface area contributed by atoms with Gasteiger partial charge in [-0.3, -0.25) is 0 Å². The first-order chi connectivity index (χ1) is 13.6. The zero-order valence-corrected chi connectivity index (χ0v) is 17.2. The highest BCUT2D eigenvalue weighted by Gasteiger charge is 2.26. The van der Waals surface area contributed by atoms with Crippen molar-refractivity contribution >= 4 is 29.0 Å². The first-order valence-corrected chi connectivity index (χ1v) is 9.45. The zero-order chi connectivity index (χ0) is 19.8. The lowest BCUT2D eigenvalue weighted by molar-refractivity contribution is 0.324. The van der Waals surface area contributed by atoms with Crippen molar-refractivity contribution in [2.75, 3.05) is 33.2 Å². The third-order valence-corrected chi connectivity index (χ3v) is 5.56. The fourth-order valence-corrected chi connectivity index (χ4v) is 3.83. The Balaban J connectivity index is 1.92. The smallest absolute Gasteiger partial charge is 0.203 e. The maximum absolute atomic E-state index is 6.44. The van der Waals surface area contributed by atoms with Crippen molar-refractivity contribution in [2.24, 2.45) is 0 Å². The highest BCUT2D eigenvalue weighted by Crippen LogP contribution is 2.44. The van der Waals surface area contributed by atoms with Crippen molar-refractivity contribution in [1.82, 2.24) is 9.78 Å². The predicted octanol–water partition coefficient (Wildman–Crippen LogP) is 4.84. The van der Waals surface area contributed by atoms with Crippen LogP contribution in [0.15, 0.2) is 30.3 Å². The van der Waals surface area contributed by atoms with Gasteiger partial charge < -0.3 is 19.5 Å². The van der Waals surface area contributed by atoms with Gasteiger partial charge in [0.15, 0.2) is 11.5 Å². The molecule has 0 saturated heterocycles. The Hall–Kier alpha value is -2.57. The standard InChI is InChI=1S/C20H19Cl2N3O3/c1-26-15-9-11(10-16(27-2)19(15)28-3)18-12-7-8-23-20(12)25(24-18)14-6-4-5-13(21)17(14)22/h4-6,9-10,23H,7-8H2,1-3H3. The molecule has 146 valence electrons. The molecule has 0 amide bonds. The summed E-state index contributed by atoms with van der Waals surface area (Å²) in [7, 11) is 4.77. The van der Waals surface area contributed by atoms with Crippen LogP contribution in [0.1, 0.15) is 5.56 Å². The minimum absolute atomic E-state index is 0.458. The maximum atomic E-state index is 6.44. The summed E-state index contributed by atoms with van der Waals surface area (Å²) in [4.78, 5) is 0. The van der Waals surface area contributed by atoms with Crippen molar-refractivity contribution in [3.05, 3.63) is 45.9 Å². The number of nitrogens with one attached hydrogen (secondary N) is 1. The Morgan fingerprint density at radius 3 is 2.39 bits per heavy atom. The van der Waals surface area contributed by atoms with Gasteiger partial charge in [-0.15, -0.1) is 0 Å². The van der Waals surface area contributed by atoms with E-state index in [0.29, 0.717) is 27.3 Å². The van der Waals surface area contributed by atoms with Gasteiger partial charge in [0.2, 0.25) is 5.75 Å². The Morgan fingerprint density at radius 1 is 1.04 bits per heavy atom. The summed E-state index contributed by atoms with van der Waals surface area (Å²) < 4.78 is 18.2. The summed E-state index contributed by atoms with van der Waals surface area (Å²) >= 11 is 12.7. The SMILES string of the molecule is COc1cc(-c2nn(-c3cccc(Cl)c3Cl)c3c2CCN3)cc(OC)c1OC. The van der Waals surface area contributed by atoms with Crippen LogP contribution < -0.4 is 19.5 Å². The Labute approximate surface area is 172 Å². The van der Waals surface area contributed by atoms with E-state index >= 15 is 0 Å². The quantitative estimate of drug-likeness (QED) is 0.640. The summed E-state index contributed by atoms with van der Waals surface area (Å²) in [6.07, 6.45) is 0.847. The van der Waals surface area contributed by atoms with E-state index in [4.69, 9.17) is 42.5 Å². The first kappa shape index (κ1) is 18.8. The van der Waals surface area contributed by atoms with Crippen LogP contribution in [0.3, 0.4) is 0 Å². The van der Waals surface area contributed by atoms with Crippen molar-refractivity contribution in [3.63, 3.8) is 0 Å². The van der Waals surface area contributed by atoms with Crippen LogP contribution in [0.2, 0.25) is 10.0 Å². The topological polar surface area (TPSA) is 57.5 Å². The first-order valence-electron chi connectivity index (χ1n) is 8.69. The van der Waals surface area contributed by atoms with E-state index in [9.17, 15) is 0 Å². The molecule has 0 unspecified atom stereocenters. The second-order valence-corrected chi connectivity index (χ2v) is 7.04. The molecule has 0 atom stereocenters. The molecule has 28 heavy (non-hydrogen) atoms. The summed E-state index contributed by atoms with van der Waals surface area (Å²) in [5.41, 5.74) is 3.52. The van der Waals surface area contributed by atoms with Gasteiger partial charge in [0.25, 0.3) is 0 Å². The van der Waals surface area contributed by atoms with Crippen LogP contribution in [0, 0.1) is 0 Å². The summed E-state index contributed by atoms with van der Waals surface area (Å²) in [6.45, 7) is 0.822. The molecule has 0 bridgehead atoms. The van der Waals surface area contributed by atoms with Crippen molar-refractivity contribution in [3.8, 4) is 34.2 Å². The lowest BCUT2D eigenvalue weighted by Gasteiger charge is -2.13. The van der Waals surface area contributed by atoms with E-state index in [1.165, 1.54) is 0 Å². The molecule has 1 aromatic heterocycles. The van der Waals surface area contributed by atoms with Crippen molar-refractivity contribution in [1.29, 1.82) is 0 Å². The van der Waals surface area contributed by atoms with Crippen LogP contribution in [-0.4, -0.2) is 37.7 Å². The van der Waals surface area contributed by atoms with Crippen molar-refractivity contribution in [2.45, 2.75) is 6.42 Å². The Morgan fingerprint density at radius 2 is 1.75 bits per heavy atom. The zero-order valence-electron chi connectivity index (χ0n) is 15.7. The fourth-order valence-electron chi connectivity index (χ4n) is 3.45. The number of methoxy groups -OCH3 is 3. The van der Waals surface area contributed by atoms with Gasteiger partial charge in [-0.1, -0.05) is 29.3 Å². The van der Waals surface area contributed by atoms with Gasteiger partial charge >= 0.3 is 0 Å². The number of hydrogen-bond acceptors (Lipinski definition) is 5. The van der Waals surface area contributed by atoms with Gasteiger partial charge in [-0.05, 0) is 30.7 Å². The Kier molecular flexibility index (Phi) is 5.00. The lowest BCUT2D eigenvalue weighted by atomic mass is 10.1. The van der Waals surface area contributed by atoms with Crippen LogP contribution in [0.25, 0.3) is 16.9 Å². The number of fused-ring (bicyclic) bond motifs is 1. The molecule has 2 aromatic carbocycles. The minimum atomic E-state index is 0.458. The van der Waals surface area contributed by atoms with E-state index in [2.05, 4.69) is 5.32 Å². The third kappa shape index (κ3) is 2.93. The van der Waals surface area contributed by atoms with Gasteiger partial charge in [-0.25, -0.2) is 4.68 Å². The Bertz CT molecular complexity index is 1020. The summed E-state index contributed by atoms with van der Waals surface area (Å²) in [5, 5.41) is 9.18. The average Bonchev–Trinajstić information content (AvgIpc) is 3.32. The van der Waals surface area contributed by atoms with Crippen LogP contribution in [0.5, 0.6) is 17.2 Å². The van der Waals surface area contributed by atoms with E-state index in [0.717, 1.165) is 41.3 Å².